The van der Waals surface area contributed by atoms with E-state index in [1.54, 1.807) is 71.4 Å². The number of sulfonamides is 1. The van der Waals surface area contributed by atoms with Crippen LogP contribution in [0.2, 0.25) is 0 Å². The zero-order valence-corrected chi connectivity index (χ0v) is 16.5. The summed E-state index contributed by atoms with van der Waals surface area (Å²) in [5.74, 6) is 2.01. The standard InChI is InChI=1S/C19H25NO5S/c1-13-10-18(24-5)11-14(2)19(13)26(21,22)20-15(3)12-25-17-8-6-16(23-4)7-9-17/h6-11,15,20H,12H2,1-5H3/t15-/m1/s1. The van der Waals surface area contributed by atoms with E-state index in [4.69, 9.17) is 14.2 Å². The minimum Gasteiger partial charge on any atom is -0.497 e. The number of nitrogens with one attached hydrogen (secondary N) is 1. The van der Waals surface area contributed by atoms with Crippen molar-refractivity contribution in [3.63, 3.8) is 0 Å². The molecular weight excluding hydrogens is 354 g/mol. The van der Waals surface area contributed by atoms with Crippen LogP contribution >= 0.6 is 0 Å². The molecule has 0 radical (unpaired) electrons. The summed E-state index contributed by atoms with van der Waals surface area (Å²) in [6.07, 6.45) is 0. The first-order valence-corrected chi connectivity index (χ1v) is 9.69. The number of benzene rings is 2. The van der Waals surface area contributed by atoms with Crippen LogP contribution in [0.1, 0.15) is 18.1 Å². The van der Waals surface area contributed by atoms with Gasteiger partial charge in [0.2, 0.25) is 10.0 Å². The molecule has 1 atom stereocenters. The van der Waals surface area contributed by atoms with E-state index in [2.05, 4.69) is 4.72 Å². The zero-order chi connectivity index (χ0) is 19.3. The molecule has 0 spiro atoms. The Morgan fingerprint density at radius 1 is 0.923 bits per heavy atom. The lowest BCUT2D eigenvalue weighted by molar-refractivity contribution is 0.287. The predicted octanol–water partition coefficient (Wildman–Crippen LogP) is 3.07. The molecule has 0 aliphatic heterocycles. The van der Waals surface area contributed by atoms with Gasteiger partial charge in [0.15, 0.2) is 0 Å². The summed E-state index contributed by atoms with van der Waals surface area (Å²) < 4.78 is 44.1. The molecular formula is C19H25NO5S. The van der Waals surface area contributed by atoms with Gasteiger partial charge in [0.05, 0.1) is 25.2 Å². The van der Waals surface area contributed by atoms with Crippen molar-refractivity contribution in [3.8, 4) is 17.2 Å². The van der Waals surface area contributed by atoms with Crippen LogP contribution in [0.4, 0.5) is 0 Å². The number of ether oxygens (including phenoxy) is 3. The van der Waals surface area contributed by atoms with Gasteiger partial charge in [-0.25, -0.2) is 13.1 Å². The number of hydrogen-bond acceptors (Lipinski definition) is 5. The van der Waals surface area contributed by atoms with Gasteiger partial charge in [-0.2, -0.15) is 0 Å². The van der Waals surface area contributed by atoms with Crippen molar-refractivity contribution in [2.45, 2.75) is 31.7 Å². The molecule has 2 aromatic carbocycles. The van der Waals surface area contributed by atoms with Gasteiger partial charge < -0.3 is 14.2 Å². The molecule has 0 aliphatic carbocycles. The van der Waals surface area contributed by atoms with Gasteiger partial charge in [-0.05, 0) is 68.3 Å². The zero-order valence-electron chi connectivity index (χ0n) is 15.7. The molecule has 0 bridgehead atoms. The predicted molar refractivity (Wildman–Crippen MR) is 101 cm³/mol. The van der Waals surface area contributed by atoms with Gasteiger partial charge in [0.1, 0.15) is 23.9 Å². The summed E-state index contributed by atoms with van der Waals surface area (Å²) in [4.78, 5) is 0.273. The lowest BCUT2D eigenvalue weighted by Gasteiger charge is -2.18. The maximum atomic E-state index is 12.8. The average molecular weight is 379 g/mol. The molecule has 0 saturated heterocycles. The van der Waals surface area contributed by atoms with E-state index in [0.717, 1.165) is 5.75 Å². The Balaban J connectivity index is 2.06. The van der Waals surface area contributed by atoms with Gasteiger partial charge in [-0.15, -0.1) is 0 Å². The van der Waals surface area contributed by atoms with Crippen LogP contribution in [0.15, 0.2) is 41.3 Å². The SMILES string of the molecule is COc1ccc(OC[C@@H](C)NS(=O)(=O)c2c(C)cc(OC)cc2C)cc1. The fourth-order valence-corrected chi connectivity index (χ4v) is 4.38. The van der Waals surface area contributed by atoms with Crippen LogP contribution in [-0.2, 0) is 10.0 Å². The second kappa shape index (κ2) is 8.42. The van der Waals surface area contributed by atoms with Crippen molar-refractivity contribution in [1.82, 2.24) is 4.72 Å². The monoisotopic (exact) mass is 379 g/mol. The average Bonchev–Trinajstić information content (AvgIpc) is 2.59. The number of hydrogen-bond donors (Lipinski definition) is 1. The Labute approximate surface area is 155 Å². The fraction of sp³-hybridized carbons (Fsp3) is 0.368. The van der Waals surface area contributed by atoms with Gasteiger partial charge in [-0.1, -0.05) is 0 Å². The van der Waals surface area contributed by atoms with E-state index in [1.807, 2.05) is 0 Å². The Bertz CT molecular complexity index is 824. The van der Waals surface area contributed by atoms with E-state index in [9.17, 15) is 8.42 Å². The smallest absolute Gasteiger partial charge is 0.241 e. The molecule has 6 nitrogen and oxygen atoms in total. The van der Waals surface area contributed by atoms with Gasteiger partial charge in [-0.3, -0.25) is 0 Å². The summed E-state index contributed by atoms with van der Waals surface area (Å²) in [5.41, 5.74) is 1.27. The van der Waals surface area contributed by atoms with Crippen LogP contribution in [0.3, 0.4) is 0 Å². The Kier molecular flexibility index (Phi) is 6.50. The molecule has 0 aliphatic rings. The van der Waals surface area contributed by atoms with Crippen LogP contribution < -0.4 is 18.9 Å². The molecule has 0 heterocycles. The second-order valence-corrected chi connectivity index (χ2v) is 7.75. The molecule has 26 heavy (non-hydrogen) atoms. The Morgan fingerprint density at radius 3 is 1.92 bits per heavy atom. The fourth-order valence-electron chi connectivity index (χ4n) is 2.70. The molecule has 2 aromatic rings. The van der Waals surface area contributed by atoms with E-state index in [-0.39, 0.29) is 11.5 Å². The van der Waals surface area contributed by atoms with Crippen molar-refractivity contribution in [3.05, 3.63) is 47.5 Å². The second-order valence-electron chi connectivity index (χ2n) is 6.10. The molecule has 7 heteroatoms. The molecule has 0 aromatic heterocycles. The Hall–Kier alpha value is -2.25. The van der Waals surface area contributed by atoms with E-state index < -0.39 is 16.1 Å². The molecule has 0 saturated carbocycles. The van der Waals surface area contributed by atoms with Gasteiger partial charge in [0, 0.05) is 0 Å². The summed E-state index contributed by atoms with van der Waals surface area (Å²) in [7, 11) is -0.519. The maximum Gasteiger partial charge on any atom is 0.241 e. The highest BCUT2D eigenvalue weighted by molar-refractivity contribution is 7.89. The van der Waals surface area contributed by atoms with Crippen molar-refractivity contribution in [2.24, 2.45) is 0 Å². The minimum absolute atomic E-state index is 0.208. The summed E-state index contributed by atoms with van der Waals surface area (Å²) in [5, 5.41) is 0. The van der Waals surface area contributed by atoms with Crippen LogP contribution in [0, 0.1) is 13.8 Å². The summed E-state index contributed by atoms with van der Waals surface area (Å²) in [6, 6.07) is 10.1. The first-order valence-electron chi connectivity index (χ1n) is 8.21. The molecule has 0 unspecified atom stereocenters. The molecule has 0 amide bonds. The van der Waals surface area contributed by atoms with E-state index in [0.29, 0.717) is 22.6 Å². The first-order chi connectivity index (χ1) is 12.3. The summed E-state index contributed by atoms with van der Waals surface area (Å²) >= 11 is 0. The van der Waals surface area contributed by atoms with Crippen LogP contribution in [0.5, 0.6) is 17.2 Å². The van der Waals surface area contributed by atoms with Crippen LogP contribution in [0.25, 0.3) is 0 Å². The third kappa shape index (κ3) is 4.89. The largest absolute Gasteiger partial charge is 0.497 e. The number of methoxy groups -OCH3 is 2. The first kappa shape index (κ1) is 20.1. The third-order valence-corrected chi connectivity index (χ3v) is 5.75. The lowest BCUT2D eigenvalue weighted by atomic mass is 10.1. The quantitative estimate of drug-likeness (QED) is 0.763. The van der Waals surface area contributed by atoms with Crippen molar-refractivity contribution >= 4 is 10.0 Å². The highest BCUT2D eigenvalue weighted by Gasteiger charge is 2.22. The molecule has 1 N–H and O–H groups in total. The Morgan fingerprint density at radius 2 is 1.42 bits per heavy atom. The molecule has 142 valence electrons. The van der Waals surface area contributed by atoms with Crippen molar-refractivity contribution < 1.29 is 22.6 Å². The normalized spacial score (nSPS) is 12.5. The van der Waals surface area contributed by atoms with E-state index >= 15 is 0 Å². The van der Waals surface area contributed by atoms with Gasteiger partial charge >= 0.3 is 0 Å². The number of aryl methyl sites for hydroxylation is 2. The highest BCUT2D eigenvalue weighted by Crippen LogP contribution is 2.25. The van der Waals surface area contributed by atoms with Crippen molar-refractivity contribution in [2.75, 3.05) is 20.8 Å². The maximum absolute atomic E-state index is 12.8. The molecule has 2 rings (SSSR count). The topological polar surface area (TPSA) is 73.9 Å². The molecule has 0 fully saturated rings. The van der Waals surface area contributed by atoms with Gasteiger partial charge in [0.25, 0.3) is 0 Å². The minimum atomic E-state index is -3.67. The highest BCUT2D eigenvalue weighted by atomic mass is 32.2. The third-order valence-electron chi connectivity index (χ3n) is 3.85. The summed E-state index contributed by atoms with van der Waals surface area (Å²) in [6.45, 7) is 5.47. The number of rotatable bonds is 8. The van der Waals surface area contributed by atoms with Crippen molar-refractivity contribution in [1.29, 1.82) is 0 Å². The van der Waals surface area contributed by atoms with E-state index in [1.165, 1.54) is 0 Å². The lowest BCUT2D eigenvalue weighted by Crippen LogP contribution is -2.37. The van der Waals surface area contributed by atoms with Crippen LogP contribution in [-0.4, -0.2) is 35.3 Å².